The zero-order chi connectivity index (χ0) is 18.6. The van der Waals surface area contributed by atoms with E-state index in [1.165, 1.54) is 24.3 Å². The number of benzene rings is 1. The number of anilines is 2. The molecule has 2 aromatic heterocycles. The average Bonchev–Trinajstić information content (AvgIpc) is 3.18. The molecule has 1 aliphatic rings. The highest BCUT2D eigenvalue weighted by atomic mass is 19.1. The van der Waals surface area contributed by atoms with Gasteiger partial charge in [-0.25, -0.2) is 19.2 Å². The van der Waals surface area contributed by atoms with Crippen molar-refractivity contribution < 1.29 is 13.6 Å². The van der Waals surface area contributed by atoms with Crippen LogP contribution in [0.15, 0.2) is 47.1 Å². The summed E-state index contributed by atoms with van der Waals surface area (Å²) in [5, 5.41) is 10.3. The first-order chi connectivity index (χ1) is 13.2. The van der Waals surface area contributed by atoms with Crippen LogP contribution in [0, 0.1) is 5.82 Å². The van der Waals surface area contributed by atoms with E-state index < -0.39 is 0 Å². The Balaban J connectivity index is 1.34. The second-order valence-corrected chi connectivity index (χ2v) is 5.87. The van der Waals surface area contributed by atoms with Crippen molar-refractivity contribution in [2.75, 3.05) is 36.4 Å². The average molecular weight is 369 g/mol. The smallest absolute Gasteiger partial charge is 0.325 e. The zero-order valence-electron chi connectivity index (χ0n) is 14.2. The topological polar surface area (TPSA) is 100 Å². The van der Waals surface area contributed by atoms with Crippen molar-refractivity contribution in [3.63, 3.8) is 0 Å². The minimum Gasteiger partial charge on any atom is -0.403 e. The molecule has 0 unspecified atom stereocenters. The molecule has 3 heterocycles. The van der Waals surface area contributed by atoms with Gasteiger partial charge in [-0.3, -0.25) is 5.32 Å². The van der Waals surface area contributed by atoms with Gasteiger partial charge in [0.1, 0.15) is 5.82 Å². The standard InChI is InChI=1S/C17H16FN7O2/c18-13-4-2-12(3-5-13)14-22-23-16(27-14)21-17(26)25-10-8-24(9-11-25)15-19-6-1-7-20-15/h1-7H,8-11H2,(H,21,23,26). The van der Waals surface area contributed by atoms with Crippen LogP contribution in [-0.4, -0.2) is 57.3 Å². The maximum absolute atomic E-state index is 13.0. The number of hydrogen-bond donors (Lipinski definition) is 1. The van der Waals surface area contributed by atoms with E-state index in [9.17, 15) is 9.18 Å². The first kappa shape index (κ1) is 16.9. The maximum Gasteiger partial charge on any atom is 0.325 e. The number of aromatic nitrogens is 4. The first-order valence-corrected chi connectivity index (χ1v) is 8.36. The Morgan fingerprint density at radius 1 is 1.04 bits per heavy atom. The van der Waals surface area contributed by atoms with Crippen molar-refractivity contribution in [3.05, 3.63) is 48.5 Å². The molecule has 0 radical (unpaired) electrons. The van der Waals surface area contributed by atoms with Gasteiger partial charge in [-0.1, -0.05) is 5.10 Å². The van der Waals surface area contributed by atoms with Crippen LogP contribution >= 0.6 is 0 Å². The van der Waals surface area contributed by atoms with Gasteiger partial charge in [-0.05, 0) is 30.3 Å². The van der Waals surface area contributed by atoms with E-state index in [2.05, 4.69) is 25.5 Å². The number of carbonyl (C=O) groups excluding carboxylic acids is 1. The number of hydrogen-bond acceptors (Lipinski definition) is 7. The van der Waals surface area contributed by atoms with Crippen LogP contribution in [0.3, 0.4) is 0 Å². The van der Waals surface area contributed by atoms with Gasteiger partial charge in [-0.15, -0.1) is 5.10 Å². The molecule has 27 heavy (non-hydrogen) atoms. The molecule has 1 N–H and O–H groups in total. The number of urea groups is 1. The molecule has 1 fully saturated rings. The minimum atomic E-state index is -0.355. The van der Waals surface area contributed by atoms with Gasteiger partial charge in [0, 0.05) is 44.1 Å². The number of nitrogens with one attached hydrogen (secondary N) is 1. The Labute approximate surface area is 153 Å². The molecular weight excluding hydrogens is 353 g/mol. The van der Waals surface area contributed by atoms with Gasteiger partial charge in [0.15, 0.2) is 0 Å². The van der Waals surface area contributed by atoms with Crippen LogP contribution in [0.2, 0.25) is 0 Å². The maximum atomic E-state index is 13.0. The van der Waals surface area contributed by atoms with E-state index in [0.717, 1.165) is 0 Å². The fourth-order valence-corrected chi connectivity index (χ4v) is 2.72. The molecule has 0 spiro atoms. The van der Waals surface area contributed by atoms with Crippen LogP contribution in [0.1, 0.15) is 0 Å². The normalized spacial score (nSPS) is 14.3. The highest BCUT2D eigenvalue weighted by molar-refractivity contribution is 5.87. The number of amides is 2. The van der Waals surface area contributed by atoms with Crippen LogP contribution in [0.4, 0.5) is 21.1 Å². The van der Waals surface area contributed by atoms with Crippen LogP contribution in [0.25, 0.3) is 11.5 Å². The summed E-state index contributed by atoms with van der Waals surface area (Å²) in [7, 11) is 0. The molecule has 138 valence electrons. The Bertz CT molecular complexity index is 909. The van der Waals surface area contributed by atoms with Crippen molar-refractivity contribution in [1.82, 2.24) is 25.1 Å². The van der Waals surface area contributed by atoms with Gasteiger partial charge < -0.3 is 14.2 Å². The van der Waals surface area contributed by atoms with Gasteiger partial charge in [0.05, 0.1) is 0 Å². The van der Waals surface area contributed by atoms with Gasteiger partial charge in [0.2, 0.25) is 11.8 Å². The molecule has 4 rings (SSSR count). The summed E-state index contributed by atoms with van der Waals surface area (Å²) in [6.45, 7) is 2.29. The molecule has 0 saturated carbocycles. The van der Waals surface area contributed by atoms with Crippen LogP contribution in [0.5, 0.6) is 0 Å². The van der Waals surface area contributed by atoms with Crippen molar-refractivity contribution in [3.8, 4) is 11.5 Å². The summed E-state index contributed by atoms with van der Waals surface area (Å²) in [5.74, 6) is 0.501. The van der Waals surface area contributed by atoms with E-state index in [0.29, 0.717) is 37.7 Å². The molecule has 1 aromatic carbocycles. The molecule has 10 heteroatoms. The quantitative estimate of drug-likeness (QED) is 0.754. The molecular formula is C17H16FN7O2. The minimum absolute atomic E-state index is 0.00635. The Kier molecular flexibility index (Phi) is 4.60. The number of halogens is 1. The monoisotopic (exact) mass is 369 g/mol. The molecule has 0 aliphatic carbocycles. The highest BCUT2D eigenvalue weighted by Crippen LogP contribution is 2.20. The van der Waals surface area contributed by atoms with Gasteiger partial charge in [-0.2, -0.15) is 0 Å². The zero-order valence-corrected chi connectivity index (χ0v) is 14.2. The summed E-state index contributed by atoms with van der Waals surface area (Å²) in [6.07, 6.45) is 3.38. The van der Waals surface area contributed by atoms with Gasteiger partial charge >= 0.3 is 12.0 Å². The number of rotatable bonds is 3. The second-order valence-electron chi connectivity index (χ2n) is 5.87. The molecule has 3 aromatic rings. The second kappa shape index (κ2) is 7.36. The Morgan fingerprint density at radius 3 is 2.44 bits per heavy atom. The third-order valence-electron chi connectivity index (χ3n) is 4.13. The van der Waals surface area contributed by atoms with Crippen molar-refractivity contribution >= 4 is 18.0 Å². The molecule has 0 atom stereocenters. The Morgan fingerprint density at radius 2 is 1.74 bits per heavy atom. The van der Waals surface area contributed by atoms with Crippen molar-refractivity contribution in [1.29, 1.82) is 0 Å². The molecule has 0 bridgehead atoms. The fraction of sp³-hybridized carbons (Fsp3) is 0.235. The van der Waals surface area contributed by atoms with Crippen molar-refractivity contribution in [2.24, 2.45) is 0 Å². The van der Waals surface area contributed by atoms with E-state index in [1.807, 2.05) is 4.90 Å². The summed E-state index contributed by atoms with van der Waals surface area (Å²) in [6, 6.07) is 7.09. The lowest BCUT2D eigenvalue weighted by molar-refractivity contribution is 0.207. The molecule has 1 aliphatic heterocycles. The van der Waals surface area contributed by atoms with E-state index >= 15 is 0 Å². The molecule has 9 nitrogen and oxygen atoms in total. The number of nitrogens with zero attached hydrogens (tertiary/aromatic N) is 6. The van der Waals surface area contributed by atoms with E-state index in [-0.39, 0.29) is 23.8 Å². The largest absolute Gasteiger partial charge is 0.403 e. The third-order valence-corrected chi connectivity index (χ3v) is 4.13. The third kappa shape index (κ3) is 3.84. The van der Waals surface area contributed by atoms with Crippen LogP contribution in [-0.2, 0) is 0 Å². The summed E-state index contributed by atoms with van der Waals surface area (Å²) >= 11 is 0. The Hall–Kier alpha value is -3.56. The summed E-state index contributed by atoms with van der Waals surface area (Å²) < 4.78 is 18.4. The van der Waals surface area contributed by atoms with Crippen molar-refractivity contribution in [2.45, 2.75) is 0 Å². The van der Waals surface area contributed by atoms with E-state index in [4.69, 9.17) is 4.42 Å². The fourth-order valence-electron chi connectivity index (χ4n) is 2.72. The first-order valence-electron chi connectivity index (χ1n) is 8.36. The summed E-state index contributed by atoms with van der Waals surface area (Å²) in [5.41, 5.74) is 0.570. The SMILES string of the molecule is O=C(Nc1nnc(-c2ccc(F)cc2)o1)N1CCN(c2ncccn2)CC1. The predicted molar refractivity (Wildman–Crippen MR) is 94.5 cm³/mol. The van der Waals surface area contributed by atoms with Gasteiger partial charge in [0.25, 0.3) is 0 Å². The lowest BCUT2D eigenvalue weighted by atomic mass is 10.2. The van der Waals surface area contributed by atoms with Crippen LogP contribution < -0.4 is 10.2 Å². The lowest BCUT2D eigenvalue weighted by Gasteiger charge is -2.34. The molecule has 1 saturated heterocycles. The lowest BCUT2D eigenvalue weighted by Crippen LogP contribution is -2.50. The summed E-state index contributed by atoms with van der Waals surface area (Å²) in [4.78, 5) is 24.5. The number of carbonyl (C=O) groups is 1. The molecule has 2 amide bonds. The highest BCUT2D eigenvalue weighted by Gasteiger charge is 2.23. The predicted octanol–water partition coefficient (Wildman–Crippen LogP) is 2.02. The van der Waals surface area contributed by atoms with E-state index in [1.54, 1.807) is 23.4 Å². The number of piperazine rings is 1.